The third-order valence-electron chi connectivity index (χ3n) is 2.05. The number of hydrogen-bond donors (Lipinski definition) is 1. The molecule has 70 valence electrons. The zero-order chi connectivity index (χ0) is 9.97. The first-order chi connectivity index (χ1) is 6.81. The first-order valence-electron chi connectivity index (χ1n) is 4.20. The lowest BCUT2D eigenvalue weighted by Gasteiger charge is -1.99. The topological polar surface area (TPSA) is 32.9 Å². The van der Waals surface area contributed by atoms with Gasteiger partial charge in [0, 0.05) is 16.2 Å². The predicted molar refractivity (Wildman–Crippen MR) is 59.3 cm³/mol. The molecule has 14 heavy (non-hydrogen) atoms. The summed E-state index contributed by atoms with van der Waals surface area (Å²) in [4.78, 5) is 13.6. The molecule has 0 aliphatic heterocycles. The molecule has 0 spiro atoms. The van der Waals surface area contributed by atoms with Gasteiger partial charge in [0.2, 0.25) is 0 Å². The van der Waals surface area contributed by atoms with Crippen LogP contribution in [0.5, 0.6) is 0 Å². The van der Waals surface area contributed by atoms with E-state index in [9.17, 15) is 4.79 Å². The summed E-state index contributed by atoms with van der Waals surface area (Å²) >= 11 is 3.37. The molecule has 3 heteroatoms. The van der Waals surface area contributed by atoms with Crippen LogP contribution < -0.4 is 0 Å². The lowest BCUT2D eigenvalue weighted by Crippen LogP contribution is -1.83. The van der Waals surface area contributed by atoms with E-state index in [1.165, 1.54) is 0 Å². The maximum absolute atomic E-state index is 10.7. The standard InChI is InChI=1S/C11H8BrNO/c12-9-3-1-8(2-4-9)10-5-6-13-11(10)7-14/h1-7,13H. The van der Waals surface area contributed by atoms with E-state index >= 15 is 0 Å². The predicted octanol–water partition coefficient (Wildman–Crippen LogP) is 3.26. The van der Waals surface area contributed by atoms with E-state index in [1.54, 1.807) is 6.20 Å². The highest BCUT2D eigenvalue weighted by molar-refractivity contribution is 9.10. The largest absolute Gasteiger partial charge is 0.359 e. The van der Waals surface area contributed by atoms with Gasteiger partial charge in [-0.2, -0.15) is 0 Å². The van der Waals surface area contributed by atoms with Gasteiger partial charge in [-0.1, -0.05) is 28.1 Å². The lowest BCUT2D eigenvalue weighted by molar-refractivity contribution is 0.112. The van der Waals surface area contributed by atoms with Crippen molar-refractivity contribution in [3.05, 3.63) is 46.7 Å². The van der Waals surface area contributed by atoms with E-state index in [4.69, 9.17) is 0 Å². The van der Waals surface area contributed by atoms with Crippen LogP contribution >= 0.6 is 15.9 Å². The summed E-state index contributed by atoms with van der Waals surface area (Å²) in [6.45, 7) is 0. The van der Waals surface area contributed by atoms with Crippen molar-refractivity contribution < 1.29 is 4.79 Å². The van der Waals surface area contributed by atoms with Crippen molar-refractivity contribution in [1.29, 1.82) is 0 Å². The van der Waals surface area contributed by atoms with Crippen LogP contribution in [-0.4, -0.2) is 11.3 Å². The van der Waals surface area contributed by atoms with E-state index < -0.39 is 0 Å². The van der Waals surface area contributed by atoms with E-state index in [2.05, 4.69) is 20.9 Å². The first-order valence-corrected chi connectivity index (χ1v) is 4.99. The zero-order valence-electron chi connectivity index (χ0n) is 7.33. The Labute approximate surface area is 90.1 Å². The summed E-state index contributed by atoms with van der Waals surface area (Å²) in [5.41, 5.74) is 2.59. The van der Waals surface area contributed by atoms with E-state index in [0.717, 1.165) is 21.9 Å². The number of carbonyl (C=O) groups excluding carboxylic acids is 1. The Kier molecular flexibility index (Phi) is 2.50. The Bertz CT molecular complexity index is 445. The summed E-state index contributed by atoms with van der Waals surface area (Å²) in [5, 5.41) is 0. The van der Waals surface area contributed by atoms with Crippen LogP contribution in [0.3, 0.4) is 0 Å². The average molecular weight is 250 g/mol. The number of aromatic amines is 1. The van der Waals surface area contributed by atoms with Crippen molar-refractivity contribution in [2.24, 2.45) is 0 Å². The quantitative estimate of drug-likeness (QED) is 0.815. The number of hydrogen-bond acceptors (Lipinski definition) is 1. The monoisotopic (exact) mass is 249 g/mol. The molecule has 0 fully saturated rings. The minimum Gasteiger partial charge on any atom is -0.359 e. The minimum absolute atomic E-state index is 0.618. The number of aromatic nitrogens is 1. The fraction of sp³-hybridized carbons (Fsp3) is 0. The lowest BCUT2D eigenvalue weighted by atomic mass is 10.1. The molecule has 1 aromatic heterocycles. The van der Waals surface area contributed by atoms with Crippen LogP contribution in [0.4, 0.5) is 0 Å². The minimum atomic E-state index is 0.618. The molecule has 0 saturated heterocycles. The fourth-order valence-electron chi connectivity index (χ4n) is 1.36. The Morgan fingerprint density at radius 3 is 2.50 bits per heavy atom. The summed E-state index contributed by atoms with van der Waals surface area (Å²) in [6, 6.07) is 9.75. The molecule has 2 nitrogen and oxygen atoms in total. The summed E-state index contributed by atoms with van der Waals surface area (Å²) in [6.07, 6.45) is 2.60. The van der Waals surface area contributed by atoms with Crippen molar-refractivity contribution >= 4 is 22.2 Å². The number of nitrogens with one attached hydrogen (secondary N) is 1. The molecule has 0 unspecified atom stereocenters. The fourth-order valence-corrected chi connectivity index (χ4v) is 1.63. The number of H-pyrrole nitrogens is 1. The molecule has 1 heterocycles. The molecule has 0 atom stereocenters. The third kappa shape index (κ3) is 1.63. The molecule has 2 rings (SSSR count). The van der Waals surface area contributed by atoms with E-state index in [0.29, 0.717) is 5.69 Å². The molecule has 2 aromatic rings. The molecule has 1 N–H and O–H groups in total. The molecule has 0 bridgehead atoms. The third-order valence-corrected chi connectivity index (χ3v) is 2.58. The second-order valence-electron chi connectivity index (χ2n) is 2.93. The van der Waals surface area contributed by atoms with Crippen LogP contribution in [0.15, 0.2) is 41.0 Å². The molecular formula is C11H8BrNO. The van der Waals surface area contributed by atoms with Gasteiger partial charge in [0.25, 0.3) is 0 Å². The smallest absolute Gasteiger partial charge is 0.166 e. The Morgan fingerprint density at radius 2 is 1.86 bits per heavy atom. The van der Waals surface area contributed by atoms with E-state index in [1.807, 2.05) is 30.3 Å². The Morgan fingerprint density at radius 1 is 1.14 bits per heavy atom. The van der Waals surface area contributed by atoms with E-state index in [-0.39, 0.29) is 0 Å². The van der Waals surface area contributed by atoms with Gasteiger partial charge in [-0.25, -0.2) is 0 Å². The molecule has 0 aliphatic carbocycles. The molecule has 1 aromatic carbocycles. The van der Waals surface area contributed by atoms with Crippen molar-refractivity contribution in [3.63, 3.8) is 0 Å². The Balaban J connectivity index is 2.49. The second kappa shape index (κ2) is 3.80. The number of aldehydes is 1. The van der Waals surface area contributed by atoms with Gasteiger partial charge >= 0.3 is 0 Å². The van der Waals surface area contributed by atoms with Crippen LogP contribution in [0.2, 0.25) is 0 Å². The maximum Gasteiger partial charge on any atom is 0.166 e. The van der Waals surface area contributed by atoms with Crippen molar-refractivity contribution in [2.75, 3.05) is 0 Å². The van der Waals surface area contributed by atoms with Gasteiger partial charge in [0.1, 0.15) is 0 Å². The average Bonchev–Trinajstić information content (AvgIpc) is 2.67. The van der Waals surface area contributed by atoms with Crippen LogP contribution in [-0.2, 0) is 0 Å². The first kappa shape index (κ1) is 9.21. The zero-order valence-corrected chi connectivity index (χ0v) is 8.91. The number of rotatable bonds is 2. The van der Waals surface area contributed by atoms with Gasteiger partial charge in [0.05, 0.1) is 5.69 Å². The highest BCUT2D eigenvalue weighted by Gasteiger charge is 2.04. The number of carbonyl (C=O) groups is 1. The van der Waals surface area contributed by atoms with Gasteiger partial charge in [-0.3, -0.25) is 4.79 Å². The highest BCUT2D eigenvalue weighted by atomic mass is 79.9. The molecular weight excluding hydrogens is 242 g/mol. The molecule has 0 radical (unpaired) electrons. The van der Waals surface area contributed by atoms with Crippen molar-refractivity contribution in [2.45, 2.75) is 0 Å². The molecule has 0 amide bonds. The van der Waals surface area contributed by atoms with Crippen LogP contribution in [0.1, 0.15) is 10.5 Å². The number of benzene rings is 1. The second-order valence-corrected chi connectivity index (χ2v) is 3.85. The maximum atomic E-state index is 10.7. The van der Waals surface area contributed by atoms with Crippen LogP contribution in [0.25, 0.3) is 11.1 Å². The van der Waals surface area contributed by atoms with Crippen molar-refractivity contribution in [3.8, 4) is 11.1 Å². The van der Waals surface area contributed by atoms with Crippen LogP contribution in [0, 0.1) is 0 Å². The summed E-state index contributed by atoms with van der Waals surface area (Å²) in [7, 11) is 0. The van der Waals surface area contributed by atoms with Crippen molar-refractivity contribution in [1.82, 2.24) is 4.98 Å². The SMILES string of the molecule is O=Cc1[nH]ccc1-c1ccc(Br)cc1. The number of halogens is 1. The summed E-state index contributed by atoms with van der Waals surface area (Å²) in [5.74, 6) is 0. The van der Waals surface area contributed by atoms with Gasteiger partial charge in [0.15, 0.2) is 6.29 Å². The molecule has 0 saturated carbocycles. The highest BCUT2D eigenvalue weighted by Crippen LogP contribution is 2.23. The van der Waals surface area contributed by atoms with Gasteiger partial charge in [-0.05, 0) is 23.8 Å². The normalized spacial score (nSPS) is 10.1. The molecule has 0 aliphatic rings. The summed E-state index contributed by atoms with van der Waals surface area (Å²) < 4.78 is 1.03. The van der Waals surface area contributed by atoms with Gasteiger partial charge < -0.3 is 4.98 Å². The Hall–Kier alpha value is -1.35. The van der Waals surface area contributed by atoms with Gasteiger partial charge in [-0.15, -0.1) is 0 Å².